The van der Waals surface area contributed by atoms with Crippen molar-refractivity contribution in [2.24, 2.45) is 17.6 Å². The first-order valence-electron chi connectivity index (χ1n) is 14.1. The van der Waals surface area contributed by atoms with Crippen LogP contribution in [0.15, 0.2) is 47.2 Å². The zero-order chi connectivity index (χ0) is 33.1. The molecule has 2 aromatic rings. The van der Waals surface area contributed by atoms with Crippen LogP contribution >= 0.6 is 0 Å². The number of hydrogen-bond acceptors (Lipinski definition) is 11. The number of Topliss-reactive ketones (excluding diaryl/α,β-unsaturated/α-hetero) is 2. The molecule has 3 amide bonds. The number of urea groups is 1. The minimum atomic E-state index is -2.75. The van der Waals surface area contributed by atoms with Gasteiger partial charge < -0.3 is 46.4 Å². The average molecular weight is 622 g/mol. The van der Waals surface area contributed by atoms with Crippen LogP contribution < -0.4 is 26.0 Å². The first-order valence-corrected chi connectivity index (χ1v) is 14.1. The molecule has 0 aromatic heterocycles. The number of fused-ring (bicyclic) bond motifs is 3. The summed E-state index contributed by atoms with van der Waals surface area (Å²) in [6.07, 6.45) is 0.0671. The molecule has 1 unspecified atom stereocenters. The summed E-state index contributed by atoms with van der Waals surface area (Å²) in [4.78, 5) is 55.6. The number of carbonyl (C=O) groups excluding carboxylic acids is 4. The van der Waals surface area contributed by atoms with Gasteiger partial charge in [-0.2, -0.15) is 0 Å². The summed E-state index contributed by atoms with van der Waals surface area (Å²) in [5, 5.41) is 51.0. The number of amides is 3. The number of phenolic OH excluding ortho intramolecular Hbond substituents is 1. The molecule has 2 aromatic carbocycles. The van der Waals surface area contributed by atoms with E-state index < -0.39 is 69.8 Å². The molecule has 1 fully saturated rings. The number of nitrogens with zero attached hydrogens (tertiary/aromatic N) is 2. The van der Waals surface area contributed by atoms with Gasteiger partial charge >= 0.3 is 6.03 Å². The molecule has 0 spiro atoms. The van der Waals surface area contributed by atoms with E-state index in [0.29, 0.717) is 22.7 Å². The van der Waals surface area contributed by atoms with Crippen LogP contribution in [0.3, 0.4) is 0 Å². The standard InChI is InChI=1S/C31H35N5O9/c1-35(2)19-12-18(34-30(43)33-14-6-8-15(45-5)9-7-14)24(37)21-16(19)10-13-11-17-23(36(3)4)26(39)22(29(32)42)28(41)31(17,44)27(40)20(13)25(21)38/h6-9,12-13,17,23,37-38,41,44H,10-11H2,1-5H3,(H2,32,42)(H2,33,34,43)/t13-,17+,23?,31+/m0/s1. The molecule has 3 aliphatic rings. The molecule has 14 heteroatoms. The lowest BCUT2D eigenvalue weighted by Crippen LogP contribution is -2.65. The predicted octanol–water partition coefficient (Wildman–Crippen LogP) is 1.68. The lowest BCUT2D eigenvalue weighted by molar-refractivity contribution is -0.153. The Morgan fingerprint density at radius 2 is 1.69 bits per heavy atom. The molecular formula is C31H35N5O9. The van der Waals surface area contributed by atoms with E-state index in [4.69, 9.17) is 10.5 Å². The molecule has 0 radical (unpaired) electrons. The lowest BCUT2D eigenvalue weighted by Gasteiger charge is -2.50. The van der Waals surface area contributed by atoms with Crippen molar-refractivity contribution in [2.45, 2.75) is 24.5 Å². The van der Waals surface area contributed by atoms with Gasteiger partial charge in [0.2, 0.25) is 5.78 Å². The molecule has 0 heterocycles. The third kappa shape index (κ3) is 4.82. The van der Waals surface area contributed by atoms with Crippen LogP contribution in [0.2, 0.25) is 0 Å². The minimum absolute atomic E-state index is 0.0380. The number of ether oxygens (including phenoxy) is 1. The number of carbonyl (C=O) groups is 4. The van der Waals surface area contributed by atoms with Gasteiger partial charge in [0.15, 0.2) is 17.1 Å². The normalized spacial score (nSPS) is 24.1. The summed E-state index contributed by atoms with van der Waals surface area (Å²) in [6, 6.07) is 6.18. The number of likely N-dealkylation sites (N-methyl/N-ethyl adjacent to an activating group) is 1. The van der Waals surface area contributed by atoms with Crippen LogP contribution in [-0.4, -0.2) is 95.8 Å². The fourth-order valence-electron chi connectivity index (χ4n) is 6.75. The molecule has 14 nitrogen and oxygen atoms in total. The smallest absolute Gasteiger partial charge is 0.323 e. The van der Waals surface area contributed by atoms with E-state index in [1.165, 1.54) is 32.2 Å². The average Bonchev–Trinajstić information content (AvgIpc) is 2.96. The van der Waals surface area contributed by atoms with E-state index in [1.54, 1.807) is 43.3 Å². The van der Waals surface area contributed by atoms with E-state index in [9.17, 15) is 39.6 Å². The molecule has 3 aliphatic carbocycles. The maximum absolute atomic E-state index is 14.1. The van der Waals surface area contributed by atoms with Crippen LogP contribution in [0.25, 0.3) is 5.76 Å². The number of primary amides is 1. The van der Waals surface area contributed by atoms with Crippen molar-refractivity contribution < 1.29 is 44.3 Å². The van der Waals surface area contributed by atoms with Gasteiger partial charge in [0.25, 0.3) is 5.91 Å². The van der Waals surface area contributed by atoms with Crippen LogP contribution in [-0.2, 0) is 20.8 Å². The van der Waals surface area contributed by atoms with Crippen molar-refractivity contribution in [3.05, 3.63) is 58.4 Å². The highest BCUT2D eigenvalue weighted by atomic mass is 16.5. The Bertz CT molecular complexity index is 1700. The molecule has 0 bridgehead atoms. The summed E-state index contributed by atoms with van der Waals surface area (Å²) in [6.45, 7) is 0. The summed E-state index contributed by atoms with van der Waals surface area (Å²) in [7, 11) is 8.04. The number of anilines is 3. The van der Waals surface area contributed by atoms with Gasteiger partial charge in [0.1, 0.15) is 22.8 Å². The molecule has 1 saturated carbocycles. The molecular weight excluding hydrogens is 586 g/mol. The highest BCUT2D eigenvalue weighted by molar-refractivity contribution is 6.24. The van der Waals surface area contributed by atoms with Crippen molar-refractivity contribution in [3.8, 4) is 11.5 Å². The number of nitrogens with two attached hydrogens (primary N) is 1. The Hall–Kier alpha value is -5.08. The van der Waals surface area contributed by atoms with Crippen LogP contribution in [0, 0.1) is 11.8 Å². The molecule has 4 atom stereocenters. The molecule has 5 rings (SSSR count). The quantitative estimate of drug-likeness (QED) is 0.182. The van der Waals surface area contributed by atoms with Crippen molar-refractivity contribution in [3.63, 3.8) is 0 Å². The number of phenols is 1. The second-order valence-corrected chi connectivity index (χ2v) is 11.8. The number of aromatic hydroxyl groups is 1. The largest absolute Gasteiger partial charge is 0.508 e. The van der Waals surface area contributed by atoms with Gasteiger partial charge in [-0.25, -0.2) is 4.79 Å². The maximum atomic E-state index is 14.1. The highest BCUT2D eigenvalue weighted by Gasteiger charge is 2.64. The zero-order valence-electron chi connectivity index (χ0n) is 25.3. The van der Waals surface area contributed by atoms with Crippen molar-refractivity contribution in [1.82, 2.24) is 4.90 Å². The number of nitrogens with one attached hydrogen (secondary N) is 2. The van der Waals surface area contributed by atoms with Gasteiger partial charge in [-0.1, -0.05) is 0 Å². The number of benzene rings is 2. The topological polar surface area (TPSA) is 215 Å². The summed E-state index contributed by atoms with van der Waals surface area (Å²) in [5.41, 5.74) is 2.65. The second kappa shape index (κ2) is 11.1. The first kappa shape index (κ1) is 31.3. The van der Waals surface area contributed by atoms with E-state index in [1.807, 2.05) is 0 Å². The van der Waals surface area contributed by atoms with E-state index in [0.717, 1.165) is 0 Å². The zero-order valence-corrected chi connectivity index (χ0v) is 25.3. The predicted molar refractivity (Wildman–Crippen MR) is 164 cm³/mol. The fraction of sp³-hybridized carbons (Fsp3) is 0.355. The van der Waals surface area contributed by atoms with Crippen LogP contribution in [0.1, 0.15) is 17.5 Å². The van der Waals surface area contributed by atoms with Crippen molar-refractivity contribution in [1.29, 1.82) is 0 Å². The van der Waals surface area contributed by atoms with Crippen molar-refractivity contribution >= 4 is 46.3 Å². The Balaban J connectivity index is 1.61. The number of aliphatic hydroxyl groups is 3. The van der Waals surface area contributed by atoms with Gasteiger partial charge in [-0.15, -0.1) is 0 Å². The third-order valence-corrected chi connectivity index (χ3v) is 8.78. The summed E-state index contributed by atoms with van der Waals surface area (Å²) in [5.74, 6) is -6.94. The molecule has 0 aliphatic heterocycles. The van der Waals surface area contributed by atoms with Gasteiger partial charge in [0, 0.05) is 37.0 Å². The molecule has 45 heavy (non-hydrogen) atoms. The Morgan fingerprint density at radius 3 is 2.24 bits per heavy atom. The van der Waals surface area contributed by atoms with Crippen LogP contribution in [0.4, 0.5) is 21.9 Å². The number of hydrogen-bond donors (Lipinski definition) is 7. The van der Waals surface area contributed by atoms with E-state index >= 15 is 0 Å². The summed E-state index contributed by atoms with van der Waals surface area (Å²) < 4.78 is 5.12. The van der Waals surface area contributed by atoms with E-state index in [-0.39, 0.29) is 29.7 Å². The first-order chi connectivity index (χ1) is 21.1. The van der Waals surface area contributed by atoms with Gasteiger partial charge in [-0.3, -0.25) is 19.3 Å². The minimum Gasteiger partial charge on any atom is -0.508 e. The van der Waals surface area contributed by atoms with Gasteiger partial charge in [0.05, 0.1) is 24.4 Å². The van der Waals surface area contributed by atoms with E-state index in [2.05, 4.69) is 10.6 Å². The Kier molecular flexibility index (Phi) is 7.75. The Morgan fingerprint density at radius 1 is 1.04 bits per heavy atom. The monoisotopic (exact) mass is 621 g/mol. The van der Waals surface area contributed by atoms with Crippen molar-refractivity contribution in [2.75, 3.05) is 50.8 Å². The number of rotatable bonds is 6. The second-order valence-electron chi connectivity index (χ2n) is 11.8. The van der Waals surface area contributed by atoms with Gasteiger partial charge in [-0.05, 0) is 68.8 Å². The fourth-order valence-corrected chi connectivity index (χ4v) is 6.75. The number of aliphatic hydroxyl groups excluding tert-OH is 2. The highest BCUT2D eigenvalue weighted by Crippen LogP contribution is 2.54. The molecule has 0 saturated heterocycles. The van der Waals surface area contributed by atoms with Crippen LogP contribution in [0.5, 0.6) is 11.5 Å². The Labute approximate surface area is 258 Å². The summed E-state index contributed by atoms with van der Waals surface area (Å²) >= 11 is 0. The lowest BCUT2D eigenvalue weighted by atomic mass is 9.57. The SMILES string of the molecule is COc1ccc(NC(=O)Nc2cc(N(C)C)c3c(c2O)C(O)=C2C(=O)[C@@]4(O)C(O)=C(C(N)=O)C(=O)C(N(C)C)[C@H]4C[C@@H]2C3)cc1. The number of methoxy groups -OCH3 is 1. The molecule has 238 valence electrons. The maximum Gasteiger partial charge on any atom is 0.323 e. The molecule has 8 N–H and O–H groups in total. The third-order valence-electron chi connectivity index (χ3n) is 8.78. The number of ketones is 2.